The number of amides is 2. The average molecular weight is 587 g/mol. The van der Waals surface area contributed by atoms with Gasteiger partial charge in [0.15, 0.2) is 18.3 Å². The second-order valence-electron chi connectivity index (χ2n) is 7.33. The lowest BCUT2D eigenvalue weighted by atomic mass is 10.0. The molecule has 0 aromatic heterocycles. The van der Waals surface area contributed by atoms with Crippen LogP contribution in [0.25, 0.3) is 0 Å². The lowest BCUT2D eigenvalue weighted by Crippen LogP contribution is -2.50. The van der Waals surface area contributed by atoms with Crippen LogP contribution in [0.4, 0.5) is 0 Å². The Morgan fingerprint density at radius 2 is 1.59 bits per heavy atom. The molecule has 0 atom stereocenters. The summed E-state index contributed by atoms with van der Waals surface area (Å²) < 4.78 is 13.1. The van der Waals surface area contributed by atoms with Crippen molar-refractivity contribution in [3.63, 3.8) is 0 Å². The number of aryl methyl sites for hydroxylation is 2. The van der Waals surface area contributed by atoms with Gasteiger partial charge in [-0.25, -0.2) is 0 Å². The van der Waals surface area contributed by atoms with Crippen LogP contribution in [-0.4, -0.2) is 30.1 Å². The molecule has 10 heteroatoms. The number of carbonyl (C=O) groups is 2. The molecule has 3 N–H and O–H groups in total. The van der Waals surface area contributed by atoms with Crippen molar-refractivity contribution in [2.24, 2.45) is 0 Å². The molecule has 7 nitrogen and oxygen atoms in total. The second-order valence-corrected chi connectivity index (χ2v) is 9.45. The lowest BCUT2D eigenvalue weighted by molar-refractivity contribution is -0.124. The maximum absolute atomic E-state index is 12.2. The molecule has 2 rings (SSSR count). The highest BCUT2D eigenvalue weighted by atomic mass is 79.9. The van der Waals surface area contributed by atoms with Gasteiger partial charge in [0.2, 0.25) is 0 Å². The zero-order valence-corrected chi connectivity index (χ0v) is 22.2. The van der Waals surface area contributed by atoms with Crippen molar-refractivity contribution in [1.29, 1.82) is 0 Å². The summed E-state index contributed by atoms with van der Waals surface area (Å²) in [6, 6.07) is 9.28. The lowest BCUT2D eigenvalue weighted by Gasteiger charge is -2.16. The smallest absolute Gasteiger partial charge is 0.276 e. The van der Waals surface area contributed by atoms with Crippen molar-refractivity contribution < 1.29 is 19.1 Å². The monoisotopic (exact) mass is 585 g/mol. The fourth-order valence-electron chi connectivity index (χ4n) is 2.60. The van der Waals surface area contributed by atoms with Gasteiger partial charge in [-0.2, -0.15) is 0 Å². The summed E-state index contributed by atoms with van der Waals surface area (Å²) >= 11 is 11.9. The normalized spacial score (nSPS) is 10.5. The number of rotatable bonds is 7. The molecule has 2 aromatic carbocycles. The Balaban J connectivity index is 1.76. The van der Waals surface area contributed by atoms with Crippen LogP contribution >= 0.6 is 44.1 Å². The standard InChI is InChI=1S/C22H25Br2N3O4S/c1-12(2)16-9-18(24)14(4)8-19(16)31-10-20(28)25-22(32)27-26-21(29)11-30-15-5-6-17(23)13(3)7-15/h5-9,12H,10-11H2,1-4H3,(H,26,29)(H2,25,27,28,32). The van der Waals surface area contributed by atoms with Crippen LogP contribution in [-0.2, 0) is 9.59 Å². The van der Waals surface area contributed by atoms with Gasteiger partial charge in [0, 0.05) is 8.95 Å². The quantitative estimate of drug-likeness (QED) is 0.328. The molecule has 0 saturated heterocycles. The van der Waals surface area contributed by atoms with E-state index < -0.39 is 11.8 Å². The molecule has 0 unspecified atom stereocenters. The molecule has 0 heterocycles. The molecule has 172 valence electrons. The van der Waals surface area contributed by atoms with E-state index in [-0.39, 0.29) is 24.2 Å². The van der Waals surface area contributed by atoms with Crippen LogP contribution in [0, 0.1) is 13.8 Å². The molecule has 0 fully saturated rings. The average Bonchev–Trinajstić information content (AvgIpc) is 2.73. The number of benzene rings is 2. The first-order valence-electron chi connectivity index (χ1n) is 9.77. The van der Waals surface area contributed by atoms with Crippen molar-refractivity contribution in [1.82, 2.24) is 16.2 Å². The van der Waals surface area contributed by atoms with Crippen LogP contribution < -0.4 is 25.6 Å². The zero-order chi connectivity index (χ0) is 23.8. The summed E-state index contributed by atoms with van der Waals surface area (Å²) in [7, 11) is 0. The molecule has 0 radical (unpaired) electrons. The van der Waals surface area contributed by atoms with E-state index in [2.05, 4.69) is 48.0 Å². The van der Waals surface area contributed by atoms with Crippen molar-refractivity contribution in [2.75, 3.05) is 13.2 Å². The first-order chi connectivity index (χ1) is 15.1. The van der Waals surface area contributed by atoms with E-state index in [4.69, 9.17) is 21.7 Å². The molecule has 0 bridgehead atoms. The van der Waals surface area contributed by atoms with Gasteiger partial charge in [0.1, 0.15) is 11.5 Å². The largest absolute Gasteiger partial charge is 0.484 e. The minimum atomic E-state index is -0.453. The number of hydrogen-bond acceptors (Lipinski definition) is 5. The van der Waals surface area contributed by atoms with Crippen LogP contribution in [0.2, 0.25) is 0 Å². The number of carbonyl (C=O) groups excluding carboxylic acids is 2. The molecular weight excluding hydrogens is 562 g/mol. The molecule has 0 saturated carbocycles. The SMILES string of the molecule is Cc1cc(OCC(=O)NNC(=S)NC(=O)COc2cc(C)c(Br)cc2C(C)C)ccc1Br. The predicted octanol–water partition coefficient (Wildman–Crippen LogP) is 4.43. The number of thiocarbonyl (C=S) groups is 1. The van der Waals surface area contributed by atoms with Crippen molar-refractivity contribution in [3.05, 3.63) is 56.0 Å². The molecular formula is C22H25Br2N3O4S. The summed E-state index contributed by atoms with van der Waals surface area (Å²) in [5.74, 6) is 0.534. The molecule has 32 heavy (non-hydrogen) atoms. The summed E-state index contributed by atoms with van der Waals surface area (Å²) in [5, 5.41) is 2.40. The minimum absolute atomic E-state index is 0.0532. The number of halogens is 2. The number of ether oxygens (including phenoxy) is 2. The molecule has 2 amide bonds. The third kappa shape index (κ3) is 8.07. The van der Waals surface area contributed by atoms with Crippen LogP contribution in [0.15, 0.2) is 39.3 Å². The first kappa shape index (κ1) is 26.1. The van der Waals surface area contributed by atoms with Gasteiger partial charge >= 0.3 is 0 Å². The van der Waals surface area contributed by atoms with E-state index in [0.29, 0.717) is 11.5 Å². The van der Waals surface area contributed by atoms with Crippen molar-refractivity contribution in [3.8, 4) is 11.5 Å². The Kier molecular flexibility index (Phi) is 9.92. The van der Waals surface area contributed by atoms with E-state index in [1.165, 1.54) is 0 Å². The van der Waals surface area contributed by atoms with Crippen molar-refractivity contribution in [2.45, 2.75) is 33.6 Å². The molecule has 0 spiro atoms. The molecule has 0 aliphatic heterocycles. The van der Waals surface area contributed by atoms with Gasteiger partial charge in [0.25, 0.3) is 11.8 Å². The topological polar surface area (TPSA) is 88.7 Å². The van der Waals surface area contributed by atoms with Crippen LogP contribution in [0.3, 0.4) is 0 Å². The Morgan fingerprint density at radius 3 is 2.25 bits per heavy atom. The van der Waals surface area contributed by atoms with E-state index in [9.17, 15) is 9.59 Å². The maximum atomic E-state index is 12.2. The molecule has 0 aliphatic carbocycles. The predicted molar refractivity (Wildman–Crippen MR) is 135 cm³/mol. The van der Waals surface area contributed by atoms with Gasteiger partial charge in [-0.05, 0) is 79.0 Å². The van der Waals surface area contributed by atoms with Crippen LogP contribution in [0.5, 0.6) is 11.5 Å². The van der Waals surface area contributed by atoms with Crippen LogP contribution in [0.1, 0.15) is 36.5 Å². The molecule has 0 aliphatic rings. The third-order valence-corrected chi connectivity index (χ3v) is 6.29. The number of nitrogens with one attached hydrogen (secondary N) is 3. The van der Waals surface area contributed by atoms with Gasteiger partial charge in [-0.15, -0.1) is 0 Å². The van der Waals surface area contributed by atoms with Gasteiger partial charge in [-0.1, -0.05) is 45.7 Å². The zero-order valence-electron chi connectivity index (χ0n) is 18.2. The summed E-state index contributed by atoms with van der Waals surface area (Å²) in [5.41, 5.74) is 7.82. The Hall–Kier alpha value is -2.17. The fourth-order valence-corrected chi connectivity index (χ4v) is 3.37. The number of hydrazine groups is 1. The highest BCUT2D eigenvalue weighted by molar-refractivity contribution is 9.10. The summed E-state index contributed by atoms with van der Waals surface area (Å²) in [6.07, 6.45) is 0. The fraction of sp³-hybridized carbons (Fsp3) is 0.318. The van der Waals surface area contributed by atoms with E-state index >= 15 is 0 Å². The van der Waals surface area contributed by atoms with Gasteiger partial charge in [-0.3, -0.25) is 25.8 Å². The van der Waals surface area contributed by atoms with E-state index in [0.717, 1.165) is 25.6 Å². The molecule has 2 aromatic rings. The van der Waals surface area contributed by atoms with E-state index in [1.54, 1.807) is 6.07 Å². The summed E-state index contributed by atoms with van der Waals surface area (Å²) in [6.45, 7) is 7.54. The van der Waals surface area contributed by atoms with Gasteiger partial charge in [0.05, 0.1) is 0 Å². The Bertz CT molecular complexity index is 1010. The van der Waals surface area contributed by atoms with Crippen molar-refractivity contribution >= 4 is 61.0 Å². The Morgan fingerprint density at radius 1 is 0.938 bits per heavy atom. The van der Waals surface area contributed by atoms with Gasteiger partial charge < -0.3 is 9.47 Å². The third-order valence-electron chi connectivity index (χ3n) is 4.34. The summed E-state index contributed by atoms with van der Waals surface area (Å²) in [4.78, 5) is 24.1. The van der Waals surface area contributed by atoms with E-state index in [1.807, 2.05) is 52.0 Å². The Labute approximate surface area is 209 Å². The first-order valence-corrected chi connectivity index (χ1v) is 11.8. The number of hydrogen-bond donors (Lipinski definition) is 3. The highest BCUT2D eigenvalue weighted by Gasteiger charge is 2.13. The minimum Gasteiger partial charge on any atom is -0.484 e. The highest BCUT2D eigenvalue weighted by Crippen LogP contribution is 2.32. The maximum Gasteiger partial charge on any atom is 0.276 e. The second kappa shape index (κ2) is 12.2.